The summed E-state index contributed by atoms with van der Waals surface area (Å²) in [6, 6.07) is 19.2. The Morgan fingerprint density at radius 3 is 2.50 bits per heavy atom. The number of nitrogens with zero attached hydrogens (tertiary/aromatic N) is 1. The lowest BCUT2D eigenvalue weighted by molar-refractivity contribution is -0.115. The zero-order valence-electron chi connectivity index (χ0n) is 14.5. The fourth-order valence-electron chi connectivity index (χ4n) is 2.55. The van der Waals surface area contributed by atoms with E-state index in [0.717, 1.165) is 27.5 Å². The van der Waals surface area contributed by atoms with Crippen LogP contribution in [0.15, 0.2) is 66.9 Å². The van der Waals surface area contributed by atoms with Crippen molar-refractivity contribution in [1.29, 1.82) is 0 Å². The first-order chi connectivity index (χ1) is 12.6. The maximum atomic E-state index is 12.2. The highest BCUT2D eigenvalue weighted by molar-refractivity contribution is 6.30. The van der Waals surface area contributed by atoms with Gasteiger partial charge in [0.1, 0.15) is 5.82 Å². The van der Waals surface area contributed by atoms with Gasteiger partial charge in [-0.2, -0.15) is 0 Å². The van der Waals surface area contributed by atoms with E-state index in [9.17, 15) is 4.79 Å². The molecule has 0 saturated heterocycles. The average molecular weight is 366 g/mol. The summed E-state index contributed by atoms with van der Waals surface area (Å²) >= 11 is 5.88. The molecule has 4 nitrogen and oxygen atoms in total. The second-order valence-electron chi connectivity index (χ2n) is 6.06. The molecule has 3 rings (SSSR count). The van der Waals surface area contributed by atoms with Crippen molar-refractivity contribution in [3.05, 3.63) is 88.6 Å². The lowest BCUT2D eigenvalue weighted by Crippen LogP contribution is -2.15. The van der Waals surface area contributed by atoms with Crippen LogP contribution >= 0.6 is 11.6 Å². The van der Waals surface area contributed by atoms with Crippen LogP contribution in [0.5, 0.6) is 0 Å². The largest absolute Gasteiger partial charge is 0.366 e. The van der Waals surface area contributed by atoms with Gasteiger partial charge in [0.05, 0.1) is 18.3 Å². The number of nitrogens with one attached hydrogen (secondary N) is 2. The van der Waals surface area contributed by atoms with E-state index in [1.54, 1.807) is 6.20 Å². The van der Waals surface area contributed by atoms with Crippen LogP contribution in [-0.2, 0) is 17.8 Å². The lowest BCUT2D eigenvalue weighted by Gasteiger charge is -2.09. The minimum absolute atomic E-state index is 0.0528. The van der Waals surface area contributed by atoms with Gasteiger partial charge in [-0.25, -0.2) is 4.98 Å². The van der Waals surface area contributed by atoms with Crippen LogP contribution in [-0.4, -0.2) is 10.9 Å². The van der Waals surface area contributed by atoms with E-state index in [2.05, 4.69) is 15.6 Å². The van der Waals surface area contributed by atoms with E-state index in [0.29, 0.717) is 18.7 Å². The third kappa shape index (κ3) is 5.07. The van der Waals surface area contributed by atoms with Crippen LogP contribution in [0.4, 0.5) is 11.5 Å². The number of carbonyl (C=O) groups excluding carboxylic acids is 1. The van der Waals surface area contributed by atoms with Crippen molar-refractivity contribution < 1.29 is 4.79 Å². The van der Waals surface area contributed by atoms with Gasteiger partial charge < -0.3 is 10.6 Å². The van der Waals surface area contributed by atoms with E-state index >= 15 is 0 Å². The van der Waals surface area contributed by atoms with Crippen molar-refractivity contribution in [3.8, 4) is 0 Å². The van der Waals surface area contributed by atoms with Gasteiger partial charge in [0.25, 0.3) is 0 Å². The number of carbonyl (C=O) groups is 1. The molecule has 0 unspecified atom stereocenters. The molecule has 0 bridgehead atoms. The van der Waals surface area contributed by atoms with Crippen LogP contribution in [0.2, 0.25) is 5.02 Å². The first-order valence-electron chi connectivity index (χ1n) is 8.39. The maximum absolute atomic E-state index is 12.2. The second-order valence-corrected chi connectivity index (χ2v) is 6.50. The van der Waals surface area contributed by atoms with Crippen molar-refractivity contribution in [2.24, 2.45) is 0 Å². The summed E-state index contributed by atoms with van der Waals surface area (Å²) in [4.78, 5) is 16.5. The summed E-state index contributed by atoms with van der Waals surface area (Å²) in [5, 5.41) is 6.84. The molecular weight excluding hydrogens is 346 g/mol. The molecule has 2 aromatic carbocycles. The monoisotopic (exact) mass is 365 g/mol. The van der Waals surface area contributed by atoms with Gasteiger partial charge in [-0.05, 0) is 47.9 Å². The summed E-state index contributed by atoms with van der Waals surface area (Å²) in [6.07, 6.45) is 2.00. The molecule has 0 fully saturated rings. The van der Waals surface area contributed by atoms with Gasteiger partial charge in [-0.15, -0.1) is 0 Å². The van der Waals surface area contributed by atoms with Gasteiger partial charge in [0.2, 0.25) is 5.91 Å². The number of halogens is 1. The third-order valence-corrected chi connectivity index (χ3v) is 4.30. The lowest BCUT2D eigenvalue weighted by atomic mass is 10.1. The molecular formula is C21H20ClN3O. The molecule has 3 aromatic rings. The van der Waals surface area contributed by atoms with Crippen molar-refractivity contribution in [2.45, 2.75) is 19.9 Å². The van der Waals surface area contributed by atoms with E-state index in [-0.39, 0.29) is 5.91 Å². The standard InChI is InChI=1S/C21H20ClN3O/c1-15-4-2-3-5-17(15)12-21(26)25-19-10-11-20(24-14-19)23-13-16-6-8-18(22)9-7-16/h2-11,14H,12-13H2,1H3,(H,23,24)(H,25,26). The van der Waals surface area contributed by atoms with Crippen LogP contribution < -0.4 is 10.6 Å². The Kier molecular flexibility index (Phi) is 5.87. The number of hydrogen-bond donors (Lipinski definition) is 2. The molecule has 0 atom stereocenters. The Hall–Kier alpha value is -2.85. The molecule has 0 aliphatic heterocycles. The number of benzene rings is 2. The fraction of sp³-hybridized carbons (Fsp3) is 0.143. The number of aryl methyl sites for hydroxylation is 1. The Bertz CT molecular complexity index is 877. The third-order valence-electron chi connectivity index (χ3n) is 4.05. The minimum Gasteiger partial charge on any atom is -0.366 e. The molecule has 0 saturated carbocycles. The Labute approximate surface area is 158 Å². The first-order valence-corrected chi connectivity index (χ1v) is 8.77. The van der Waals surface area contributed by atoms with Crippen LogP contribution in [0.3, 0.4) is 0 Å². The second kappa shape index (κ2) is 8.50. The van der Waals surface area contributed by atoms with Gasteiger partial charge >= 0.3 is 0 Å². The summed E-state index contributed by atoms with van der Waals surface area (Å²) in [7, 11) is 0. The number of amides is 1. The first kappa shape index (κ1) is 18.0. The molecule has 26 heavy (non-hydrogen) atoms. The van der Waals surface area contributed by atoms with E-state index < -0.39 is 0 Å². The SMILES string of the molecule is Cc1ccccc1CC(=O)Nc1ccc(NCc2ccc(Cl)cc2)nc1. The Morgan fingerprint density at radius 2 is 1.81 bits per heavy atom. The van der Waals surface area contributed by atoms with E-state index in [1.165, 1.54) is 0 Å². The van der Waals surface area contributed by atoms with E-state index in [4.69, 9.17) is 11.6 Å². The molecule has 1 aromatic heterocycles. The molecule has 132 valence electrons. The van der Waals surface area contributed by atoms with E-state index in [1.807, 2.05) is 67.6 Å². The molecule has 5 heteroatoms. The Balaban J connectivity index is 1.53. The topological polar surface area (TPSA) is 54.0 Å². The van der Waals surface area contributed by atoms with Crippen LogP contribution in [0.25, 0.3) is 0 Å². The molecule has 1 heterocycles. The minimum atomic E-state index is -0.0528. The molecule has 0 spiro atoms. The number of rotatable bonds is 6. The van der Waals surface area contributed by atoms with Gasteiger partial charge in [0.15, 0.2) is 0 Å². The van der Waals surface area contributed by atoms with Gasteiger partial charge in [-0.3, -0.25) is 4.79 Å². The molecule has 0 aliphatic carbocycles. The fourth-order valence-corrected chi connectivity index (χ4v) is 2.68. The molecule has 1 amide bonds. The smallest absolute Gasteiger partial charge is 0.228 e. The van der Waals surface area contributed by atoms with Crippen molar-refractivity contribution in [1.82, 2.24) is 4.98 Å². The molecule has 0 aliphatic rings. The van der Waals surface area contributed by atoms with Gasteiger partial charge in [-0.1, -0.05) is 48.0 Å². The summed E-state index contributed by atoms with van der Waals surface area (Å²) < 4.78 is 0. The van der Waals surface area contributed by atoms with Crippen LogP contribution in [0, 0.1) is 6.92 Å². The highest BCUT2D eigenvalue weighted by Gasteiger charge is 2.06. The number of anilines is 2. The predicted molar refractivity (Wildman–Crippen MR) is 107 cm³/mol. The summed E-state index contributed by atoms with van der Waals surface area (Å²) in [5.74, 6) is 0.694. The zero-order chi connectivity index (χ0) is 18.4. The average Bonchev–Trinajstić information content (AvgIpc) is 2.64. The quantitative estimate of drug-likeness (QED) is 0.657. The highest BCUT2D eigenvalue weighted by atomic mass is 35.5. The summed E-state index contributed by atoms with van der Waals surface area (Å²) in [5.41, 5.74) is 3.94. The Morgan fingerprint density at radius 1 is 1.04 bits per heavy atom. The van der Waals surface area contributed by atoms with Crippen LogP contribution in [0.1, 0.15) is 16.7 Å². The normalized spacial score (nSPS) is 10.4. The summed E-state index contributed by atoms with van der Waals surface area (Å²) in [6.45, 7) is 2.66. The van der Waals surface area contributed by atoms with Crippen molar-refractivity contribution in [3.63, 3.8) is 0 Å². The van der Waals surface area contributed by atoms with Gasteiger partial charge in [0, 0.05) is 11.6 Å². The van der Waals surface area contributed by atoms with Crippen molar-refractivity contribution in [2.75, 3.05) is 10.6 Å². The predicted octanol–water partition coefficient (Wildman–Crippen LogP) is 4.84. The number of hydrogen-bond acceptors (Lipinski definition) is 3. The highest BCUT2D eigenvalue weighted by Crippen LogP contribution is 2.14. The molecule has 2 N–H and O–H groups in total. The van der Waals surface area contributed by atoms with Crippen molar-refractivity contribution >= 4 is 29.0 Å². The maximum Gasteiger partial charge on any atom is 0.228 e. The molecule has 0 radical (unpaired) electrons. The number of aromatic nitrogens is 1. The zero-order valence-corrected chi connectivity index (χ0v) is 15.3. The number of pyridine rings is 1.